The molecule has 0 bridgehead atoms. The zero-order valence-electron chi connectivity index (χ0n) is 9.05. The SMILES string of the molecule is C=C(CS)Cn1c(=O)sc2ccccc2c1=O. The molecule has 0 unspecified atom stereocenters. The summed E-state index contributed by atoms with van der Waals surface area (Å²) in [6.45, 7) is 4.00. The van der Waals surface area contributed by atoms with Gasteiger partial charge in [0.1, 0.15) is 0 Å². The average Bonchev–Trinajstić information content (AvgIpc) is 2.34. The summed E-state index contributed by atoms with van der Waals surface area (Å²) in [5.41, 5.74) is 0.488. The first-order valence-electron chi connectivity index (χ1n) is 5.03. The van der Waals surface area contributed by atoms with Crippen LogP contribution in [0.15, 0.2) is 46.0 Å². The standard InChI is InChI=1S/C12H11NO2S2/c1-8(7-16)6-13-11(14)9-4-2-3-5-10(9)17-12(13)15/h2-5,16H,1,6-7H2. The van der Waals surface area contributed by atoms with E-state index in [2.05, 4.69) is 19.2 Å². The zero-order valence-corrected chi connectivity index (χ0v) is 10.8. The molecule has 0 amide bonds. The fraction of sp³-hybridized carbons (Fsp3) is 0.167. The number of nitrogens with zero attached hydrogens (tertiary/aromatic N) is 1. The van der Waals surface area contributed by atoms with Crippen LogP contribution in [0.4, 0.5) is 0 Å². The fourth-order valence-corrected chi connectivity index (χ4v) is 2.48. The summed E-state index contributed by atoms with van der Waals surface area (Å²) in [6.07, 6.45) is 0. The van der Waals surface area contributed by atoms with Crippen molar-refractivity contribution in [2.75, 3.05) is 5.75 Å². The highest BCUT2D eigenvalue weighted by molar-refractivity contribution is 7.80. The van der Waals surface area contributed by atoms with Gasteiger partial charge in [-0.15, -0.1) is 0 Å². The maximum atomic E-state index is 12.1. The number of thiol groups is 1. The Morgan fingerprint density at radius 1 is 1.35 bits per heavy atom. The van der Waals surface area contributed by atoms with E-state index in [0.29, 0.717) is 11.1 Å². The number of hydrogen-bond donors (Lipinski definition) is 1. The molecule has 0 aliphatic carbocycles. The van der Waals surface area contributed by atoms with Crippen LogP contribution >= 0.6 is 24.0 Å². The topological polar surface area (TPSA) is 39.1 Å². The molecule has 2 aromatic rings. The van der Waals surface area contributed by atoms with Crippen LogP contribution in [0.1, 0.15) is 0 Å². The molecule has 0 saturated carbocycles. The normalized spacial score (nSPS) is 10.6. The van der Waals surface area contributed by atoms with E-state index < -0.39 is 0 Å². The molecule has 0 aliphatic rings. The minimum atomic E-state index is -0.257. The van der Waals surface area contributed by atoms with Crippen LogP contribution in [0.3, 0.4) is 0 Å². The minimum absolute atomic E-state index is 0.239. The molecule has 0 radical (unpaired) electrons. The molecule has 0 saturated heterocycles. The molecular weight excluding hydrogens is 254 g/mol. The monoisotopic (exact) mass is 265 g/mol. The van der Waals surface area contributed by atoms with Gasteiger partial charge in [0.15, 0.2) is 0 Å². The van der Waals surface area contributed by atoms with Crippen LogP contribution < -0.4 is 10.4 Å². The van der Waals surface area contributed by atoms with Gasteiger partial charge in [0.2, 0.25) is 0 Å². The van der Waals surface area contributed by atoms with Gasteiger partial charge in [-0.3, -0.25) is 14.2 Å². The summed E-state index contributed by atoms with van der Waals surface area (Å²) in [6, 6.07) is 7.11. The van der Waals surface area contributed by atoms with Gasteiger partial charge in [0, 0.05) is 10.5 Å². The first-order chi connectivity index (χ1) is 8.13. The molecule has 3 nitrogen and oxygen atoms in total. The highest BCUT2D eigenvalue weighted by Gasteiger charge is 2.07. The number of fused-ring (bicyclic) bond motifs is 1. The number of aromatic nitrogens is 1. The second kappa shape index (κ2) is 4.89. The lowest BCUT2D eigenvalue weighted by atomic mass is 10.3. The first-order valence-corrected chi connectivity index (χ1v) is 6.48. The third kappa shape index (κ3) is 2.35. The van der Waals surface area contributed by atoms with E-state index >= 15 is 0 Å². The molecule has 0 atom stereocenters. The Bertz CT molecular complexity index is 685. The van der Waals surface area contributed by atoms with Crippen molar-refractivity contribution in [3.63, 3.8) is 0 Å². The van der Waals surface area contributed by atoms with Crippen molar-refractivity contribution in [2.24, 2.45) is 0 Å². The maximum Gasteiger partial charge on any atom is 0.310 e. The Morgan fingerprint density at radius 2 is 2.06 bits per heavy atom. The Labute approximate surface area is 107 Å². The minimum Gasteiger partial charge on any atom is -0.269 e. The van der Waals surface area contributed by atoms with Gasteiger partial charge < -0.3 is 0 Å². The van der Waals surface area contributed by atoms with Crippen molar-refractivity contribution < 1.29 is 0 Å². The lowest BCUT2D eigenvalue weighted by Gasteiger charge is -2.06. The Morgan fingerprint density at radius 3 is 2.76 bits per heavy atom. The highest BCUT2D eigenvalue weighted by atomic mass is 32.1. The fourth-order valence-electron chi connectivity index (χ4n) is 1.52. The second-order valence-corrected chi connectivity index (χ2v) is 4.97. The molecular formula is C12H11NO2S2. The summed E-state index contributed by atoms with van der Waals surface area (Å²) in [5.74, 6) is 0.462. The summed E-state index contributed by atoms with van der Waals surface area (Å²) in [4.78, 5) is 23.7. The zero-order chi connectivity index (χ0) is 12.4. The third-order valence-electron chi connectivity index (χ3n) is 2.39. The van der Waals surface area contributed by atoms with Crippen molar-refractivity contribution in [3.05, 3.63) is 56.4 Å². The Balaban J connectivity index is 2.68. The van der Waals surface area contributed by atoms with E-state index in [0.717, 1.165) is 21.6 Å². The first kappa shape index (κ1) is 12.1. The smallest absolute Gasteiger partial charge is 0.269 e. The van der Waals surface area contributed by atoms with Gasteiger partial charge in [-0.05, 0) is 17.7 Å². The molecule has 0 aliphatic heterocycles. The van der Waals surface area contributed by atoms with Gasteiger partial charge in [0.25, 0.3) is 5.56 Å². The largest absolute Gasteiger partial charge is 0.310 e. The molecule has 0 N–H and O–H groups in total. The molecule has 1 aromatic carbocycles. The van der Waals surface area contributed by atoms with Crippen molar-refractivity contribution in [1.82, 2.24) is 4.57 Å². The van der Waals surface area contributed by atoms with Gasteiger partial charge >= 0.3 is 4.87 Å². The Kier molecular flexibility index (Phi) is 3.49. The van der Waals surface area contributed by atoms with Gasteiger partial charge in [-0.25, -0.2) is 0 Å². The molecule has 2 rings (SSSR count). The van der Waals surface area contributed by atoms with Gasteiger partial charge in [-0.1, -0.05) is 30.0 Å². The lowest BCUT2D eigenvalue weighted by Crippen LogP contribution is -2.31. The summed E-state index contributed by atoms with van der Waals surface area (Å²) >= 11 is 5.15. The van der Waals surface area contributed by atoms with Crippen molar-refractivity contribution in [1.29, 1.82) is 0 Å². The van der Waals surface area contributed by atoms with Crippen molar-refractivity contribution >= 4 is 34.1 Å². The molecule has 5 heteroatoms. The molecule has 0 fully saturated rings. The average molecular weight is 265 g/mol. The summed E-state index contributed by atoms with van der Waals surface area (Å²) in [5, 5.41) is 0.573. The lowest BCUT2D eigenvalue weighted by molar-refractivity contribution is 0.744. The van der Waals surface area contributed by atoms with Gasteiger partial charge in [-0.2, -0.15) is 12.6 Å². The van der Waals surface area contributed by atoms with E-state index in [-0.39, 0.29) is 17.0 Å². The molecule has 0 spiro atoms. The second-order valence-electron chi connectivity index (χ2n) is 3.66. The van der Waals surface area contributed by atoms with Crippen LogP contribution in [-0.2, 0) is 6.54 Å². The molecule has 17 heavy (non-hydrogen) atoms. The highest BCUT2D eigenvalue weighted by Crippen LogP contribution is 2.11. The summed E-state index contributed by atoms with van der Waals surface area (Å²) in [7, 11) is 0. The molecule has 1 heterocycles. The third-order valence-corrected chi connectivity index (χ3v) is 3.80. The van der Waals surface area contributed by atoms with Crippen LogP contribution in [0.2, 0.25) is 0 Å². The quantitative estimate of drug-likeness (QED) is 0.680. The number of hydrogen-bond acceptors (Lipinski definition) is 4. The van der Waals surface area contributed by atoms with E-state index in [9.17, 15) is 9.59 Å². The van der Waals surface area contributed by atoms with E-state index in [1.54, 1.807) is 18.2 Å². The van der Waals surface area contributed by atoms with Crippen LogP contribution in [-0.4, -0.2) is 10.3 Å². The van der Waals surface area contributed by atoms with E-state index in [1.165, 1.54) is 4.57 Å². The molecule has 88 valence electrons. The molecule has 1 aromatic heterocycles. The van der Waals surface area contributed by atoms with Crippen LogP contribution in [0.5, 0.6) is 0 Å². The predicted octanol–water partition coefficient (Wildman–Crippen LogP) is 1.91. The predicted molar refractivity (Wildman–Crippen MR) is 75.3 cm³/mol. The number of rotatable bonds is 3. The van der Waals surface area contributed by atoms with E-state index in [1.807, 2.05) is 6.07 Å². The maximum absolute atomic E-state index is 12.1. The van der Waals surface area contributed by atoms with Gasteiger partial charge in [0.05, 0.1) is 11.9 Å². The van der Waals surface area contributed by atoms with Crippen molar-refractivity contribution in [3.8, 4) is 0 Å². The van der Waals surface area contributed by atoms with Crippen LogP contribution in [0, 0.1) is 0 Å². The Hall–Kier alpha value is -1.33. The summed E-state index contributed by atoms with van der Waals surface area (Å²) < 4.78 is 1.93. The van der Waals surface area contributed by atoms with Crippen LogP contribution in [0.25, 0.3) is 10.1 Å². The number of benzene rings is 1. The van der Waals surface area contributed by atoms with E-state index in [4.69, 9.17) is 0 Å². The van der Waals surface area contributed by atoms with Crippen molar-refractivity contribution in [2.45, 2.75) is 6.54 Å².